The van der Waals surface area contributed by atoms with Crippen LogP contribution in [0.4, 0.5) is 0 Å². The summed E-state index contributed by atoms with van der Waals surface area (Å²) in [7, 11) is 0. The normalized spacial score (nSPS) is 11.9. The molecular weight excluding hydrogens is 392 g/mol. The van der Waals surface area contributed by atoms with E-state index in [-0.39, 0.29) is 0 Å². The SMILES string of the molecule is c1ccc2c(c1)sc1cc(-c3ccc4c5ccccc5c5ccccc5c4c3)ccc12. The van der Waals surface area contributed by atoms with Crippen molar-refractivity contribution in [1.82, 2.24) is 0 Å². The summed E-state index contributed by atoms with van der Waals surface area (Å²) in [5, 5.41) is 10.6. The lowest BCUT2D eigenvalue weighted by Gasteiger charge is -2.12. The predicted octanol–water partition coefficient (Wildman–Crippen LogP) is 9.18. The molecule has 1 heterocycles. The second-order valence-electron chi connectivity index (χ2n) is 8.16. The Balaban J connectivity index is 1.52. The second-order valence-corrected chi connectivity index (χ2v) is 9.24. The van der Waals surface area contributed by atoms with Crippen LogP contribution in [0, 0.1) is 0 Å². The molecule has 7 rings (SSSR count). The van der Waals surface area contributed by atoms with E-state index in [0.717, 1.165) is 0 Å². The van der Waals surface area contributed by atoms with Gasteiger partial charge in [-0.1, -0.05) is 91.0 Å². The molecule has 0 fully saturated rings. The van der Waals surface area contributed by atoms with Crippen LogP contribution < -0.4 is 0 Å². The summed E-state index contributed by atoms with van der Waals surface area (Å²) in [6.07, 6.45) is 0. The third kappa shape index (κ3) is 2.47. The molecule has 0 radical (unpaired) electrons. The molecule has 6 aromatic carbocycles. The fraction of sp³-hybridized carbons (Fsp3) is 0. The van der Waals surface area contributed by atoms with Crippen LogP contribution in [-0.2, 0) is 0 Å². The van der Waals surface area contributed by atoms with Gasteiger partial charge in [-0.05, 0) is 61.6 Å². The minimum atomic E-state index is 1.27. The number of hydrogen-bond donors (Lipinski definition) is 0. The molecule has 0 amide bonds. The third-order valence-electron chi connectivity index (χ3n) is 6.46. The minimum absolute atomic E-state index is 1.27. The average Bonchev–Trinajstić information content (AvgIpc) is 3.22. The number of rotatable bonds is 1. The number of benzene rings is 6. The summed E-state index contributed by atoms with van der Waals surface area (Å²) in [4.78, 5) is 0. The Labute approximate surface area is 184 Å². The van der Waals surface area contributed by atoms with E-state index in [2.05, 4.69) is 109 Å². The third-order valence-corrected chi connectivity index (χ3v) is 7.59. The number of hydrogen-bond acceptors (Lipinski definition) is 1. The van der Waals surface area contributed by atoms with Gasteiger partial charge in [0, 0.05) is 20.2 Å². The van der Waals surface area contributed by atoms with Crippen molar-refractivity contribution in [3.63, 3.8) is 0 Å². The van der Waals surface area contributed by atoms with Gasteiger partial charge in [-0.15, -0.1) is 11.3 Å². The van der Waals surface area contributed by atoms with Crippen LogP contribution in [0.15, 0.2) is 109 Å². The first kappa shape index (κ1) is 17.0. The lowest BCUT2D eigenvalue weighted by Crippen LogP contribution is -1.84. The van der Waals surface area contributed by atoms with Gasteiger partial charge in [-0.3, -0.25) is 0 Å². The Morgan fingerprint density at radius 3 is 1.45 bits per heavy atom. The summed E-state index contributed by atoms with van der Waals surface area (Å²) >= 11 is 1.88. The molecule has 144 valence electrons. The zero-order chi connectivity index (χ0) is 20.4. The molecule has 0 aliphatic heterocycles. The highest BCUT2D eigenvalue weighted by Crippen LogP contribution is 2.39. The van der Waals surface area contributed by atoms with Gasteiger partial charge in [0.25, 0.3) is 0 Å². The lowest BCUT2D eigenvalue weighted by atomic mass is 9.92. The van der Waals surface area contributed by atoms with Gasteiger partial charge in [-0.25, -0.2) is 0 Å². The molecule has 1 aromatic heterocycles. The molecular formula is C30H18S. The van der Waals surface area contributed by atoms with Gasteiger partial charge < -0.3 is 0 Å². The number of fused-ring (bicyclic) bond motifs is 9. The second kappa shape index (κ2) is 6.41. The van der Waals surface area contributed by atoms with Gasteiger partial charge in [0.2, 0.25) is 0 Å². The van der Waals surface area contributed by atoms with Crippen LogP contribution in [0.25, 0.3) is 63.6 Å². The van der Waals surface area contributed by atoms with Crippen molar-refractivity contribution in [3.8, 4) is 11.1 Å². The summed E-state index contributed by atoms with van der Waals surface area (Å²) in [5.74, 6) is 0. The Hall–Kier alpha value is -3.68. The van der Waals surface area contributed by atoms with Crippen molar-refractivity contribution in [2.24, 2.45) is 0 Å². The monoisotopic (exact) mass is 410 g/mol. The molecule has 0 nitrogen and oxygen atoms in total. The van der Waals surface area contributed by atoms with E-state index in [4.69, 9.17) is 0 Å². The number of thiophene rings is 1. The molecule has 0 aliphatic carbocycles. The van der Waals surface area contributed by atoms with Crippen molar-refractivity contribution in [3.05, 3.63) is 109 Å². The minimum Gasteiger partial charge on any atom is -0.135 e. The van der Waals surface area contributed by atoms with Crippen molar-refractivity contribution in [2.75, 3.05) is 0 Å². The van der Waals surface area contributed by atoms with Crippen LogP contribution >= 0.6 is 11.3 Å². The Kier molecular flexibility index (Phi) is 3.52. The van der Waals surface area contributed by atoms with Crippen LogP contribution in [0.5, 0.6) is 0 Å². The fourth-order valence-corrected chi connectivity index (χ4v) is 6.14. The molecule has 0 N–H and O–H groups in total. The van der Waals surface area contributed by atoms with Crippen molar-refractivity contribution in [1.29, 1.82) is 0 Å². The molecule has 1 heteroatoms. The predicted molar refractivity (Wildman–Crippen MR) is 137 cm³/mol. The average molecular weight is 411 g/mol. The summed E-state index contributed by atoms with van der Waals surface area (Å²) in [6.45, 7) is 0. The molecule has 0 atom stereocenters. The van der Waals surface area contributed by atoms with Crippen LogP contribution in [0.2, 0.25) is 0 Å². The Bertz CT molecular complexity index is 1750. The van der Waals surface area contributed by atoms with E-state index >= 15 is 0 Å². The summed E-state index contributed by atoms with van der Waals surface area (Å²) in [5.41, 5.74) is 2.55. The zero-order valence-corrected chi connectivity index (χ0v) is 17.6. The van der Waals surface area contributed by atoms with E-state index in [1.165, 1.54) is 63.6 Å². The van der Waals surface area contributed by atoms with Gasteiger partial charge in [0.15, 0.2) is 0 Å². The summed E-state index contributed by atoms with van der Waals surface area (Å²) in [6, 6.07) is 40.1. The highest BCUT2D eigenvalue weighted by atomic mass is 32.1. The van der Waals surface area contributed by atoms with Crippen molar-refractivity contribution >= 4 is 63.8 Å². The molecule has 0 aliphatic rings. The Morgan fingerprint density at radius 1 is 0.323 bits per heavy atom. The van der Waals surface area contributed by atoms with Crippen LogP contribution in [0.1, 0.15) is 0 Å². The molecule has 0 bridgehead atoms. The quantitative estimate of drug-likeness (QED) is 0.237. The molecule has 0 unspecified atom stereocenters. The fourth-order valence-electron chi connectivity index (χ4n) is 4.99. The molecule has 0 saturated carbocycles. The highest BCUT2D eigenvalue weighted by Gasteiger charge is 2.11. The molecule has 0 spiro atoms. The first-order valence-electron chi connectivity index (χ1n) is 10.6. The van der Waals surface area contributed by atoms with E-state index in [1.54, 1.807) is 0 Å². The van der Waals surface area contributed by atoms with Gasteiger partial charge in [0.1, 0.15) is 0 Å². The van der Waals surface area contributed by atoms with E-state index in [9.17, 15) is 0 Å². The molecule has 0 saturated heterocycles. The lowest BCUT2D eigenvalue weighted by molar-refractivity contribution is 1.71. The van der Waals surface area contributed by atoms with Gasteiger partial charge in [-0.2, -0.15) is 0 Å². The van der Waals surface area contributed by atoms with Gasteiger partial charge >= 0.3 is 0 Å². The smallest absolute Gasteiger partial charge is 0.0361 e. The van der Waals surface area contributed by atoms with Crippen molar-refractivity contribution in [2.45, 2.75) is 0 Å². The van der Waals surface area contributed by atoms with Crippen LogP contribution in [-0.4, -0.2) is 0 Å². The van der Waals surface area contributed by atoms with Gasteiger partial charge in [0.05, 0.1) is 0 Å². The zero-order valence-electron chi connectivity index (χ0n) is 16.8. The van der Waals surface area contributed by atoms with E-state index in [0.29, 0.717) is 0 Å². The van der Waals surface area contributed by atoms with Crippen molar-refractivity contribution < 1.29 is 0 Å². The molecule has 31 heavy (non-hydrogen) atoms. The topological polar surface area (TPSA) is 0 Å². The maximum absolute atomic E-state index is 2.37. The maximum Gasteiger partial charge on any atom is 0.0361 e. The largest absolute Gasteiger partial charge is 0.135 e. The van der Waals surface area contributed by atoms with Crippen LogP contribution in [0.3, 0.4) is 0 Å². The van der Waals surface area contributed by atoms with E-state index < -0.39 is 0 Å². The standard InChI is InChI=1S/C30H18S/c1-2-9-23-21(7-1)22-8-3-4-10-24(22)28-17-19(13-15-25(23)28)20-14-16-27-26-11-5-6-12-29(26)31-30(27)18-20/h1-18H. The summed E-state index contributed by atoms with van der Waals surface area (Å²) < 4.78 is 2.70. The highest BCUT2D eigenvalue weighted by molar-refractivity contribution is 7.25. The van der Waals surface area contributed by atoms with E-state index in [1.807, 2.05) is 11.3 Å². The molecule has 7 aromatic rings. The Morgan fingerprint density at radius 2 is 0.774 bits per heavy atom. The first-order chi connectivity index (χ1) is 15.4. The first-order valence-corrected chi connectivity index (χ1v) is 11.4. The maximum atomic E-state index is 2.37.